The van der Waals surface area contributed by atoms with E-state index in [1.165, 1.54) is 18.6 Å². The molecule has 8 heteroatoms. The summed E-state index contributed by atoms with van der Waals surface area (Å²) in [4.78, 5) is 13.3. The third kappa shape index (κ3) is 4.22. The van der Waals surface area contributed by atoms with Crippen LogP contribution >= 0.6 is 0 Å². The summed E-state index contributed by atoms with van der Waals surface area (Å²) in [7, 11) is 0. The number of nitrogens with zero attached hydrogens (tertiary/aromatic N) is 4. The molecule has 30 heavy (non-hydrogen) atoms. The summed E-state index contributed by atoms with van der Waals surface area (Å²) < 4.78 is 15.6. The van der Waals surface area contributed by atoms with E-state index in [-0.39, 0.29) is 5.82 Å². The van der Waals surface area contributed by atoms with Crippen LogP contribution in [0.1, 0.15) is 18.1 Å². The maximum Gasteiger partial charge on any atom is 0.144 e. The number of halogens is 1. The number of hydrogen-bond donors (Lipinski definition) is 2. The summed E-state index contributed by atoms with van der Waals surface area (Å²) >= 11 is 0. The Kier molecular flexibility index (Phi) is 5.56. The number of benzene rings is 2. The van der Waals surface area contributed by atoms with Crippen LogP contribution in [-0.2, 0) is 11.4 Å². The number of nitrogen functional groups attached to an aromatic ring is 1. The Hall–Kier alpha value is -3.94. The van der Waals surface area contributed by atoms with E-state index in [9.17, 15) is 4.39 Å². The van der Waals surface area contributed by atoms with Gasteiger partial charge in [-0.3, -0.25) is 0 Å². The minimum Gasteiger partial charge on any atom is -0.396 e. The van der Waals surface area contributed by atoms with E-state index in [1.807, 2.05) is 43.5 Å². The van der Waals surface area contributed by atoms with E-state index in [0.29, 0.717) is 30.4 Å². The molecular formula is C22H21FN6O. The number of rotatable bonds is 7. The predicted molar refractivity (Wildman–Crippen MR) is 116 cm³/mol. The van der Waals surface area contributed by atoms with E-state index in [2.05, 4.69) is 25.0 Å². The first kappa shape index (κ1) is 19.4. The first-order valence-electron chi connectivity index (χ1n) is 9.50. The summed E-state index contributed by atoms with van der Waals surface area (Å²) in [5.74, 6) is 0.603. The molecular weight excluding hydrogens is 383 g/mol. The Morgan fingerprint density at radius 2 is 2.10 bits per heavy atom. The Bertz CT molecular complexity index is 1200. The molecule has 0 aliphatic heterocycles. The van der Waals surface area contributed by atoms with Crippen molar-refractivity contribution >= 4 is 34.4 Å². The van der Waals surface area contributed by atoms with Gasteiger partial charge in [-0.1, -0.05) is 17.3 Å². The second-order valence-electron chi connectivity index (χ2n) is 6.65. The summed E-state index contributed by atoms with van der Waals surface area (Å²) in [6.07, 6.45) is 4.88. The largest absolute Gasteiger partial charge is 0.396 e. The number of oxime groups is 1. The summed E-state index contributed by atoms with van der Waals surface area (Å²) in [6.45, 7) is 2.89. The van der Waals surface area contributed by atoms with E-state index in [4.69, 9.17) is 10.6 Å². The van der Waals surface area contributed by atoms with Gasteiger partial charge in [0.25, 0.3) is 0 Å². The van der Waals surface area contributed by atoms with E-state index in [0.717, 1.165) is 22.2 Å². The maximum atomic E-state index is 13.5. The van der Waals surface area contributed by atoms with Gasteiger partial charge in [-0.2, -0.15) is 0 Å². The fraction of sp³-hybridized carbons (Fsp3) is 0.136. The molecule has 4 rings (SSSR count). The summed E-state index contributed by atoms with van der Waals surface area (Å²) in [6, 6.07) is 14.6. The predicted octanol–water partition coefficient (Wildman–Crippen LogP) is 4.31. The van der Waals surface area contributed by atoms with Crippen molar-refractivity contribution in [1.82, 2.24) is 14.5 Å². The van der Waals surface area contributed by atoms with Gasteiger partial charge in [0.1, 0.15) is 30.4 Å². The Morgan fingerprint density at radius 1 is 1.20 bits per heavy atom. The number of nitrogens with two attached hydrogens (primary N) is 1. The average Bonchev–Trinajstić information content (AvgIpc) is 3.12. The molecule has 7 nitrogen and oxygen atoms in total. The minimum atomic E-state index is -0.233. The second kappa shape index (κ2) is 8.60. The van der Waals surface area contributed by atoms with E-state index >= 15 is 0 Å². The molecule has 0 aliphatic rings. The van der Waals surface area contributed by atoms with Crippen LogP contribution in [0.15, 0.2) is 66.2 Å². The molecule has 2 heterocycles. The Labute approximate surface area is 173 Å². The number of fused-ring (bicyclic) bond motifs is 1. The van der Waals surface area contributed by atoms with Crippen molar-refractivity contribution in [2.75, 3.05) is 17.7 Å². The number of hydrogen-bond acceptors (Lipinski definition) is 6. The van der Waals surface area contributed by atoms with Crippen molar-refractivity contribution in [3.05, 3.63) is 78.0 Å². The molecule has 0 radical (unpaired) electrons. The molecule has 0 spiro atoms. The van der Waals surface area contributed by atoms with E-state index in [1.54, 1.807) is 12.1 Å². The molecule has 4 aromatic rings. The van der Waals surface area contributed by atoms with Crippen molar-refractivity contribution < 1.29 is 9.23 Å². The second-order valence-corrected chi connectivity index (χ2v) is 6.65. The normalized spacial score (nSPS) is 11.3. The van der Waals surface area contributed by atoms with Crippen molar-refractivity contribution in [3.8, 4) is 0 Å². The fourth-order valence-electron chi connectivity index (χ4n) is 3.19. The van der Waals surface area contributed by atoms with Crippen molar-refractivity contribution in [3.63, 3.8) is 0 Å². The van der Waals surface area contributed by atoms with Crippen molar-refractivity contribution in [2.45, 2.75) is 13.5 Å². The van der Waals surface area contributed by atoms with Gasteiger partial charge in [0, 0.05) is 29.3 Å². The molecule has 0 fully saturated rings. The molecule has 0 saturated carbocycles. The first-order chi connectivity index (χ1) is 14.6. The van der Waals surface area contributed by atoms with Crippen LogP contribution in [0.2, 0.25) is 0 Å². The quantitative estimate of drug-likeness (QED) is 0.354. The lowest BCUT2D eigenvalue weighted by Gasteiger charge is -2.10. The van der Waals surface area contributed by atoms with Crippen LogP contribution in [-0.4, -0.2) is 27.4 Å². The van der Waals surface area contributed by atoms with Crippen LogP contribution in [0.3, 0.4) is 0 Å². The highest BCUT2D eigenvalue weighted by Crippen LogP contribution is 2.25. The molecule has 2 aromatic carbocycles. The molecule has 3 N–H and O–H groups in total. The highest BCUT2D eigenvalue weighted by molar-refractivity contribution is 5.93. The maximum absolute atomic E-state index is 13.5. The molecule has 152 valence electrons. The molecule has 0 bridgehead atoms. The zero-order valence-corrected chi connectivity index (χ0v) is 16.4. The van der Waals surface area contributed by atoms with Gasteiger partial charge >= 0.3 is 0 Å². The van der Waals surface area contributed by atoms with Crippen LogP contribution in [0.25, 0.3) is 10.9 Å². The first-order valence-corrected chi connectivity index (χ1v) is 9.50. The van der Waals surface area contributed by atoms with Gasteiger partial charge < -0.3 is 20.5 Å². The molecule has 0 aliphatic carbocycles. The lowest BCUT2D eigenvalue weighted by Crippen LogP contribution is -2.05. The van der Waals surface area contributed by atoms with Gasteiger partial charge in [-0.25, -0.2) is 14.4 Å². The number of nitrogens with one attached hydrogen (secondary N) is 1. The fourth-order valence-corrected chi connectivity index (χ4v) is 3.19. The summed E-state index contributed by atoms with van der Waals surface area (Å²) in [5.41, 5.74) is 9.31. The zero-order valence-electron chi connectivity index (χ0n) is 16.4. The molecule has 0 atom stereocenters. The lowest BCUT2D eigenvalue weighted by atomic mass is 10.2. The van der Waals surface area contributed by atoms with E-state index < -0.39 is 0 Å². The third-order valence-electron chi connectivity index (χ3n) is 4.58. The van der Waals surface area contributed by atoms with Gasteiger partial charge in [0.15, 0.2) is 0 Å². The number of anilines is 3. The van der Waals surface area contributed by atoms with Crippen LogP contribution in [0.5, 0.6) is 0 Å². The van der Waals surface area contributed by atoms with Crippen molar-refractivity contribution in [2.24, 2.45) is 5.16 Å². The average molecular weight is 404 g/mol. The standard InChI is InChI=1S/C22H21FN6O/c1-2-30-27-12-19-21(24)25-14-26-22(19)28-18-6-7-20-16(11-18)8-9-29(20)13-15-4-3-5-17(23)10-15/h3-12,14H,2,13H2,1H3,(H3,24,25,26,28)/b27-12+. The third-order valence-corrected chi connectivity index (χ3v) is 4.58. The highest BCUT2D eigenvalue weighted by Gasteiger charge is 2.09. The smallest absolute Gasteiger partial charge is 0.144 e. The molecule has 0 saturated heterocycles. The zero-order chi connectivity index (χ0) is 20.9. The minimum absolute atomic E-state index is 0.233. The van der Waals surface area contributed by atoms with Crippen molar-refractivity contribution in [1.29, 1.82) is 0 Å². The Morgan fingerprint density at radius 3 is 2.93 bits per heavy atom. The Balaban J connectivity index is 1.59. The summed E-state index contributed by atoms with van der Waals surface area (Å²) in [5, 5.41) is 8.17. The monoisotopic (exact) mass is 404 g/mol. The molecule has 0 unspecified atom stereocenters. The van der Waals surface area contributed by atoms with Crippen LogP contribution < -0.4 is 11.1 Å². The van der Waals surface area contributed by atoms with Crippen LogP contribution in [0.4, 0.5) is 21.7 Å². The lowest BCUT2D eigenvalue weighted by molar-refractivity contribution is 0.160. The SMILES string of the molecule is CCO/N=C/c1c(N)ncnc1Nc1ccc2c(ccn2Cc2cccc(F)c2)c1. The molecule has 0 amide bonds. The van der Waals surface area contributed by atoms with Crippen LogP contribution in [0, 0.1) is 5.82 Å². The highest BCUT2D eigenvalue weighted by atomic mass is 19.1. The van der Waals surface area contributed by atoms with Gasteiger partial charge in [-0.15, -0.1) is 0 Å². The van der Waals surface area contributed by atoms with Gasteiger partial charge in [-0.05, 0) is 48.9 Å². The number of aromatic nitrogens is 3. The van der Waals surface area contributed by atoms with Gasteiger partial charge in [0.2, 0.25) is 0 Å². The molecule has 2 aromatic heterocycles. The van der Waals surface area contributed by atoms with Gasteiger partial charge in [0.05, 0.1) is 11.8 Å². The topological polar surface area (TPSA) is 90.3 Å².